The van der Waals surface area contributed by atoms with Crippen molar-refractivity contribution in [3.05, 3.63) is 46.9 Å². The number of nitrogens with zero attached hydrogens (tertiary/aromatic N) is 3. The topological polar surface area (TPSA) is 68.0 Å². The highest BCUT2D eigenvalue weighted by Gasteiger charge is 2.24. The van der Waals surface area contributed by atoms with Gasteiger partial charge < -0.3 is 9.67 Å². The molecule has 1 aliphatic rings. The Morgan fingerprint density at radius 3 is 2.72 bits per heavy atom. The number of terminal acetylenes is 1. The molecule has 0 amide bonds. The molecule has 0 atom stereocenters. The second-order valence-electron chi connectivity index (χ2n) is 7.76. The molecule has 3 aromatic rings. The second-order valence-corrected chi connectivity index (χ2v) is 8.19. The molecule has 6 heteroatoms. The zero-order valence-corrected chi connectivity index (χ0v) is 17.0. The van der Waals surface area contributed by atoms with Gasteiger partial charge in [-0.05, 0) is 56.2 Å². The predicted octanol–water partition coefficient (Wildman–Crippen LogP) is 5.20. The number of hydrogen-bond donors (Lipinski definition) is 1. The first-order valence-electron chi connectivity index (χ1n) is 9.79. The highest BCUT2D eigenvalue weighted by molar-refractivity contribution is 6.30. The lowest BCUT2D eigenvalue weighted by molar-refractivity contribution is 0.0684. The average Bonchev–Trinajstić information content (AvgIpc) is 3.03. The van der Waals surface area contributed by atoms with Gasteiger partial charge in [0.2, 0.25) is 5.82 Å². The fraction of sp³-hybridized carbons (Fsp3) is 0.348. The van der Waals surface area contributed by atoms with Crippen LogP contribution in [0.4, 0.5) is 0 Å². The number of aromatic nitrogens is 3. The number of aryl methyl sites for hydroxylation is 1. The van der Waals surface area contributed by atoms with Crippen LogP contribution in [0.5, 0.6) is 0 Å². The quantitative estimate of drug-likeness (QED) is 0.603. The highest BCUT2D eigenvalue weighted by Crippen LogP contribution is 2.34. The summed E-state index contributed by atoms with van der Waals surface area (Å²) in [5, 5.41) is 10.1. The van der Waals surface area contributed by atoms with E-state index in [1.807, 2.05) is 25.3 Å². The van der Waals surface area contributed by atoms with Crippen LogP contribution in [-0.4, -0.2) is 25.6 Å². The molecule has 0 aliphatic heterocycles. The van der Waals surface area contributed by atoms with E-state index in [-0.39, 0.29) is 5.82 Å². The largest absolute Gasteiger partial charge is 0.475 e. The molecule has 29 heavy (non-hydrogen) atoms. The van der Waals surface area contributed by atoms with Crippen molar-refractivity contribution in [2.45, 2.75) is 39.2 Å². The molecular formula is C23H22ClN3O2. The van der Waals surface area contributed by atoms with Crippen LogP contribution in [0.15, 0.2) is 30.5 Å². The van der Waals surface area contributed by atoms with E-state index in [1.54, 1.807) is 12.1 Å². The maximum atomic E-state index is 11.6. The second kappa shape index (κ2) is 7.88. The molecule has 2 heterocycles. The number of benzene rings is 1. The molecule has 2 aromatic heterocycles. The van der Waals surface area contributed by atoms with E-state index >= 15 is 0 Å². The van der Waals surface area contributed by atoms with Gasteiger partial charge in [-0.15, -0.1) is 12.3 Å². The van der Waals surface area contributed by atoms with Crippen molar-refractivity contribution in [3.63, 3.8) is 0 Å². The van der Waals surface area contributed by atoms with Gasteiger partial charge in [-0.3, -0.25) is 0 Å². The van der Waals surface area contributed by atoms with E-state index < -0.39 is 5.97 Å². The van der Waals surface area contributed by atoms with Crippen LogP contribution in [0, 0.1) is 31.1 Å². The van der Waals surface area contributed by atoms with Crippen LogP contribution in [0.25, 0.3) is 22.3 Å². The predicted molar refractivity (Wildman–Crippen MR) is 114 cm³/mol. The van der Waals surface area contributed by atoms with Gasteiger partial charge in [-0.2, -0.15) is 0 Å². The van der Waals surface area contributed by atoms with Crippen molar-refractivity contribution >= 4 is 28.6 Å². The van der Waals surface area contributed by atoms with E-state index in [0.29, 0.717) is 28.1 Å². The summed E-state index contributed by atoms with van der Waals surface area (Å²) in [6.07, 6.45) is 11.9. The Hall–Kier alpha value is -2.84. The van der Waals surface area contributed by atoms with Crippen LogP contribution < -0.4 is 0 Å². The summed E-state index contributed by atoms with van der Waals surface area (Å²) in [5.74, 6) is 2.45. The highest BCUT2D eigenvalue weighted by atomic mass is 35.5. The molecule has 1 aromatic carbocycles. The molecule has 0 spiro atoms. The number of carbonyl (C=O) groups is 1. The SMILES string of the molecule is C#C[C@H]1CC[C@H](Cn2cc(C)c3nc(C(=O)O)nc(-c4cccc(Cl)c4)c32)CC1. The van der Waals surface area contributed by atoms with Crippen LogP contribution in [-0.2, 0) is 6.54 Å². The lowest BCUT2D eigenvalue weighted by Gasteiger charge is -2.26. The van der Waals surface area contributed by atoms with Crippen LogP contribution >= 0.6 is 11.6 Å². The van der Waals surface area contributed by atoms with Gasteiger partial charge in [0.25, 0.3) is 0 Å². The molecule has 1 saturated carbocycles. The van der Waals surface area contributed by atoms with Gasteiger partial charge in [0, 0.05) is 29.2 Å². The van der Waals surface area contributed by atoms with Gasteiger partial charge in [0.1, 0.15) is 0 Å². The van der Waals surface area contributed by atoms with Crippen molar-refractivity contribution in [1.82, 2.24) is 14.5 Å². The van der Waals surface area contributed by atoms with E-state index in [1.165, 1.54) is 0 Å². The molecule has 0 bridgehead atoms. The first-order chi connectivity index (χ1) is 14.0. The summed E-state index contributed by atoms with van der Waals surface area (Å²) < 4.78 is 2.17. The number of fused-ring (bicyclic) bond motifs is 1. The first-order valence-corrected chi connectivity index (χ1v) is 10.2. The number of aromatic carboxylic acids is 1. The molecule has 0 saturated heterocycles. The summed E-state index contributed by atoms with van der Waals surface area (Å²) in [6, 6.07) is 7.33. The monoisotopic (exact) mass is 407 g/mol. The Morgan fingerprint density at radius 2 is 2.07 bits per heavy atom. The molecule has 5 nitrogen and oxygen atoms in total. The number of carboxylic acids is 1. The van der Waals surface area contributed by atoms with Crippen molar-refractivity contribution in [2.75, 3.05) is 0 Å². The lowest BCUT2D eigenvalue weighted by Crippen LogP contribution is -2.18. The smallest absolute Gasteiger partial charge is 0.373 e. The minimum Gasteiger partial charge on any atom is -0.475 e. The lowest BCUT2D eigenvalue weighted by atomic mass is 9.82. The fourth-order valence-electron chi connectivity index (χ4n) is 4.23. The zero-order valence-electron chi connectivity index (χ0n) is 16.2. The molecule has 0 unspecified atom stereocenters. The Balaban J connectivity index is 1.82. The Kier molecular flexibility index (Phi) is 5.29. The Labute approximate surface area is 174 Å². The third kappa shape index (κ3) is 3.86. The number of carboxylic acid groups (broad SMARTS) is 1. The van der Waals surface area contributed by atoms with Gasteiger partial charge in [-0.25, -0.2) is 14.8 Å². The van der Waals surface area contributed by atoms with Crippen molar-refractivity contribution < 1.29 is 9.90 Å². The summed E-state index contributed by atoms with van der Waals surface area (Å²) >= 11 is 6.19. The maximum Gasteiger partial charge on any atom is 0.373 e. The summed E-state index contributed by atoms with van der Waals surface area (Å²) in [7, 11) is 0. The summed E-state index contributed by atoms with van der Waals surface area (Å²) in [4.78, 5) is 20.3. The van der Waals surface area contributed by atoms with E-state index in [0.717, 1.165) is 48.9 Å². The number of halogens is 1. The maximum absolute atomic E-state index is 11.6. The van der Waals surface area contributed by atoms with E-state index in [9.17, 15) is 9.90 Å². The van der Waals surface area contributed by atoms with Gasteiger partial charge in [0.05, 0.1) is 16.7 Å². The number of hydrogen-bond acceptors (Lipinski definition) is 3. The van der Waals surface area contributed by atoms with Crippen LogP contribution in [0.2, 0.25) is 5.02 Å². The van der Waals surface area contributed by atoms with Crippen molar-refractivity contribution in [2.24, 2.45) is 11.8 Å². The minimum absolute atomic E-state index is 0.206. The van der Waals surface area contributed by atoms with E-state index in [4.69, 9.17) is 18.0 Å². The van der Waals surface area contributed by atoms with Gasteiger partial charge >= 0.3 is 5.97 Å². The molecule has 1 aliphatic carbocycles. The summed E-state index contributed by atoms with van der Waals surface area (Å²) in [6.45, 7) is 2.79. The first kappa shape index (κ1) is 19.5. The Bertz CT molecular complexity index is 1120. The molecule has 4 rings (SSSR count). The van der Waals surface area contributed by atoms with E-state index in [2.05, 4.69) is 20.5 Å². The molecule has 1 fully saturated rings. The standard InChI is InChI=1S/C23H22ClN3O2/c1-3-15-7-9-16(10-8-15)13-27-12-14(2)19-21(27)20(26-22(25-19)23(28)29)17-5-4-6-18(24)11-17/h1,4-6,11-12,15-16H,7-10,13H2,2H3,(H,28,29)/t15-,16-. The third-order valence-electron chi connectivity index (χ3n) is 5.72. The fourth-order valence-corrected chi connectivity index (χ4v) is 4.42. The molecular weight excluding hydrogens is 386 g/mol. The molecule has 148 valence electrons. The van der Waals surface area contributed by atoms with Crippen molar-refractivity contribution in [3.8, 4) is 23.6 Å². The normalized spacial score (nSPS) is 19.2. The third-order valence-corrected chi connectivity index (χ3v) is 5.96. The van der Waals surface area contributed by atoms with Crippen LogP contribution in [0.1, 0.15) is 41.9 Å². The Morgan fingerprint density at radius 1 is 1.31 bits per heavy atom. The van der Waals surface area contributed by atoms with Gasteiger partial charge in [0.15, 0.2) is 0 Å². The van der Waals surface area contributed by atoms with Crippen LogP contribution in [0.3, 0.4) is 0 Å². The summed E-state index contributed by atoms with van der Waals surface area (Å²) in [5.41, 5.74) is 3.84. The zero-order chi connectivity index (χ0) is 20.5. The van der Waals surface area contributed by atoms with Crippen molar-refractivity contribution in [1.29, 1.82) is 0 Å². The average molecular weight is 408 g/mol. The minimum atomic E-state index is -1.14. The number of rotatable bonds is 4. The molecule has 1 N–H and O–H groups in total. The molecule has 0 radical (unpaired) electrons. The van der Waals surface area contributed by atoms with Gasteiger partial charge in [-0.1, -0.05) is 23.7 Å².